The second-order valence-electron chi connectivity index (χ2n) is 5.70. The van der Waals surface area contributed by atoms with Gasteiger partial charge in [0.25, 0.3) is 8.48 Å². The highest BCUT2D eigenvalue weighted by Gasteiger charge is 2.40. The van der Waals surface area contributed by atoms with Crippen LogP contribution in [0, 0.1) is 0 Å². The van der Waals surface area contributed by atoms with Crippen LogP contribution < -0.4 is 0 Å². The quantitative estimate of drug-likeness (QED) is 0.484. The lowest BCUT2D eigenvalue weighted by molar-refractivity contribution is 0.246. The second kappa shape index (κ2) is 7.90. The Kier molecular flexibility index (Phi) is 7.20. The summed E-state index contributed by atoms with van der Waals surface area (Å²) in [6.07, 6.45) is 3.73. The monoisotopic (exact) mass is 305 g/mol. The molecule has 0 aliphatic carbocycles. The zero-order valence-corrected chi connectivity index (χ0v) is 15.3. The fourth-order valence-corrected chi connectivity index (χ4v) is 7.66. The maximum absolute atomic E-state index is 6.07. The highest BCUT2D eigenvalue weighted by Crippen LogP contribution is 2.27. The van der Waals surface area contributed by atoms with Gasteiger partial charge in [0, 0.05) is 20.8 Å². The van der Waals surface area contributed by atoms with E-state index < -0.39 is 17.0 Å². The Morgan fingerprint density at radius 2 is 1.89 bits per heavy atom. The Hall–Kier alpha value is 0.274. The Morgan fingerprint density at radius 3 is 2.47 bits per heavy atom. The third-order valence-electron chi connectivity index (χ3n) is 4.37. The Morgan fingerprint density at radius 1 is 1.21 bits per heavy atom. The molecule has 0 spiro atoms. The molecule has 1 saturated heterocycles. The molecule has 1 fully saturated rings. The average molecular weight is 306 g/mol. The van der Waals surface area contributed by atoms with Gasteiger partial charge in [0.15, 0.2) is 0 Å². The molecular formula is C13H31NO3Si2. The fourth-order valence-electron chi connectivity index (χ4n) is 2.85. The summed E-state index contributed by atoms with van der Waals surface area (Å²) in [5, 5.41) is 0. The third-order valence-corrected chi connectivity index (χ3v) is 11.3. The summed E-state index contributed by atoms with van der Waals surface area (Å²) in [4.78, 5) is 0. The van der Waals surface area contributed by atoms with Gasteiger partial charge in [0.1, 0.15) is 0 Å². The van der Waals surface area contributed by atoms with Gasteiger partial charge < -0.3 is 17.8 Å². The first-order valence-corrected chi connectivity index (χ1v) is 12.6. The van der Waals surface area contributed by atoms with Crippen molar-refractivity contribution in [3.63, 3.8) is 0 Å². The Balaban J connectivity index is 2.29. The summed E-state index contributed by atoms with van der Waals surface area (Å²) in [5.74, 6) is 0. The minimum Gasteiger partial charge on any atom is -0.403 e. The van der Waals surface area contributed by atoms with Crippen molar-refractivity contribution in [2.24, 2.45) is 0 Å². The summed E-state index contributed by atoms with van der Waals surface area (Å²) in [6, 6.07) is 2.38. The van der Waals surface area contributed by atoms with E-state index in [9.17, 15) is 0 Å². The van der Waals surface area contributed by atoms with Gasteiger partial charge in [-0.2, -0.15) is 0 Å². The maximum atomic E-state index is 6.07. The Labute approximate surface area is 120 Å². The van der Waals surface area contributed by atoms with E-state index in [1.54, 1.807) is 14.2 Å². The van der Waals surface area contributed by atoms with Crippen molar-refractivity contribution in [3.05, 3.63) is 0 Å². The summed E-state index contributed by atoms with van der Waals surface area (Å²) >= 11 is 0. The molecule has 6 heteroatoms. The van der Waals surface area contributed by atoms with E-state index in [1.165, 1.54) is 38.4 Å². The van der Waals surface area contributed by atoms with Crippen LogP contribution in [-0.2, 0) is 13.3 Å². The molecule has 1 heterocycles. The molecule has 4 nitrogen and oxygen atoms in total. The van der Waals surface area contributed by atoms with Crippen LogP contribution in [0.5, 0.6) is 0 Å². The number of nitrogens with zero attached hydrogens (tertiary/aromatic N) is 1. The normalized spacial score (nSPS) is 25.1. The topological polar surface area (TPSA) is 30.9 Å². The molecule has 0 aromatic rings. The lowest BCUT2D eigenvalue weighted by atomic mass is 10.3. The highest BCUT2D eigenvalue weighted by atomic mass is 28.4. The SMILES string of the molecule is CCO[Si]1(C)CCCN1CCCC[Si](C)(OC)OC. The van der Waals surface area contributed by atoms with Crippen LogP contribution in [0.4, 0.5) is 0 Å². The van der Waals surface area contributed by atoms with E-state index in [0.29, 0.717) is 0 Å². The molecule has 0 aromatic heterocycles. The third kappa shape index (κ3) is 4.95. The largest absolute Gasteiger partial charge is 0.403 e. The van der Waals surface area contributed by atoms with Crippen molar-refractivity contribution in [2.45, 2.75) is 51.4 Å². The first-order valence-electron chi connectivity index (χ1n) is 7.49. The first kappa shape index (κ1) is 17.3. The zero-order valence-electron chi connectivity index (χ0n) is 13.3. The standard InChI is InChI=1S/C13H31NO3Si2/c1-6-17-18(4)12-9-11-14(18)10-7-8-13-19(5,15-2)16-3/h6-13H2,1-5H3. The van der Waals surface area contributed by atoms with Gasteiger partial charge in [-0.25, -0.2) is 0 Å². The number of hydrogen-bond acceptors (Lipinski definition) is 4. The van der Waals surface area contributed by atoms with Crippen LogP contribution in [0.2, 0.25) is 25.2 Å². The molecule has 19 heavy (non-hydrogen) atoms. The van der Waals surface area contributed by atoms with Crippen LogP contribution in [0.1, 0.15) is 26.2 Å². The van der Waals surface area contributed by atoms with Crippen molar-refractivity contribution in [1.82, 2.24) is 4.57 Å². The summed E-state index contributed by atoms with van der Waals surface area (Å²) in [5.41, 5.74) is 0. The van der Waals surface area contributed by atoms with E-state index in [1.807, 2.05) is 0 Å². The average Bonchev–Trinajstić information content (AvgIpc) is 2.76. The molecule has 0 saturated carbocycles. The summed E-state index contributed by atoms with van der Waals surface area (Å²) < 4.78 is 19.8. The highest BCUT2D eigenvalue weighted by molar-refractivity contribution is 6.70. The van der Waals surface area contributed by atoms with Gasteiger partial charge in [-0.05, 0) is 58.0 Å². The van der Waals surface area contributed by atoms with Crippen molar-refractivity contribution in [2.75, 3.05) is 33.9 Å². The molecule has 0 N–H and O–H groups in total. The van der Waals surface area contributed by atoms with Gasteiger partial charge in [0.2, 0.25) is 0 Å². The minimum absolute atomic E-state index is 0.859. The lowest BCUT2D eigenvalue weighted by Gasteiger charge is -2.32. The van der Waals surface area contributed by atoms with Gasteiger partial charge >= 0.3 is 8.56 Å². The van der Waals surface area contributed by atoms with Gasteiger partial charge in [-0.3, -0.25) is 0 Å². The van der Waals surface area contributed by atoms with Crippen molar-refractivity contribution < 1.29 is 13.3 Å². The van der Waals surface area contributed by atoms with E-state index in [4.69, 9.17) is 13.3 Å². The number of hydrogen-bond donors (Lipinski definition) is 0. The minimum atomic E-state index is -1.86. The smallest absolute Gasteiger partial charge is 0.334 e. The predicted molar refractivity (Wildman–Crippen MR) is 83.9 cm³/mol. The molecule has 1 aliphatic rings. The van der Waals surface area contributed by atoms with E-state index in [-0.39, 0.29) is 0 Å². The zero-order chi connectivity index (χ0) is 14.4. The molecule has 1 aliphatic heterocycles. The molecule has 1 rings (SSSR count). The number of rotatable bonds is 9. The fraction of sp³-hybridized carbons (Fsp3) is 1.00. The van der Waals surface area contributed by atoms with Crippen LogP contribution in [0.25, 0.3) is 0 Å². The van der Waals surface area contributed by atoms with Crippen molar-refractivity contribution >= 4 is 17.0 Å². The van der Waals surface area contributed by atoms with Gasteiger partial charge in [-0.15, -0.1) is 0 Å². The molecule has 0 aromatic carbocycles. The maximum Gasteiger partial charge on any atom is 0.334 e. The van der Waals surface area contributed by atoms with Crippen molar-refractivity contribution in [3.8, 4) is 0 Å². The van der Waals surface area contributed by atoms with Crippen molar-refractivity contribution in [1.29, 1.82) is 0 Å². The van der Waals surface area contributed by atoms with Crippen LogP contribution >= 0.6 is 0 Å². The second-order valence-corrected chi connectivity index (χ2v) is 13.1. The Bertz CT molecular complexity index is 264. The lowest BCUT2D eigenvalue weighted by Crippen LogP contribution is -2.49. The van der Waals surface area contributed by atoms with Gasteiger partial charge in [-0.1, -0.05) is 6.42 Å². The van der Waals surface area contributed by atoms with Gasteiger partial charge in [0.05, 0.1) is 0 Å². The van der Waals surface area contributed by atoms with E-state index in [2.05, 4.69) is 24.6 Å². The molecule has 1 atom stereocenters. The summed E-state index contributed by atoms with van der Waals surface area (Å²) in [7, 11) is 0.137. The van der Waals surface area contributed by atoms with Crippen LogP contribution in [0.15, 0.2) is 0 Å². The van der Waals surface area contributed by atoms with Crippen LogP contribution in [0.3, 0.4) is 0 Å². The number of unbranched alkanes of at least 4 members (excludes halogenated alkanes) is 1. The van der Waals surface area contributed by atoms with E-state index in [0.717, 1.165) is 12.7 Å². The molecule has 114 valence electrons. The first-order chi connectivity index (χ1) is 8.99. The molecule has 0 bridgehead atoms. The molecular weight excluding hydrogens is 274 g/mol. The van der Waals surface area contributed by atoms with E-state index >= 15 is 0 Å². The molecule has 0 radical (unpaired) electrons. The van der Waals surface area contributed by atoms with Crippen LogP contribution in [-0.4, -0.2) is 55.5 Å². The predicted octanol–water partition coefficient (Wildman–Crippen LogP) is 2.95. The summed E-state index contributed by atoms with van der Waals surface area (Å²) in [6.45, 7) is 9.89. The molecule has 1 unspecified atom stereocenters. The molecule has 0 amide bonds.